The topological polar surface area (TPSA) is 20.2 Å². The van der Waals surface area contributed by atoms with Crippen molar-refractivity contribution in [3.63, 3.8) is 0 Å². The van der Waals surface area contributed by atoms with Gasteiger partial charge in [-0.1, -0.05) is 12.2 Å². The minimum atomic E-state index is -5.06. The Labute approximate surface area is 86.1 Å². The van der Waals surface area contributed by atoms with Gasteiger partial charge >= 0.3 is 12.4 Å². The van der Waals surface area contributed by atoms with E-state index in [2.05, 4.69) is 0 Å². The normalized spacial score (nSPS) is 34.1. The predicted molar refractivity (Wildman–Crippen MR) is 41.3 cm³/mol. The van der Waals surface area contributed by atoms with Crippen LogP contribution >= 0.6 is 0 Å². The van der Waals surface area contributed by atoms with E-state index in [-0.39, 0.29) is 0 Å². The maximum atomic E-state index is 12.5. The van der Waals surface area contributed by atoms with Crippen LogP contribution in [0.2, 0.25) is 0 Å². The molecular formula is C9H6F6O. The number of halogens is 6. The van der Waals surface area contributed by atoms with Gasteiger partial charge < -0.3 is 5.11 Å². The van der Waals surface area contributed by atoms with Gasteiger partial charge in [-0.3, -0.25) is 0 Å². The van der Waals surface area contributed by atoms with Gasteiger partial charge in [-0.25, -0.2) is 0 Å². The second-order valence-corrected chi connectivity index (χ2v) is 3.75. The highest BCUT2D eigenvalue weighted by atomic mass is 19.4. The quantitative estimate of drug-likeness (QED) is 0.513. The summed E-state index contributed by atoms with van der Waals surface area (Å²) < 4.78 is 74.8. The zero-order chi connectivity index (χ0) is 12.3. The summed E-state index contributed by atoms with van der Waals surface area (Å²) in [7, 11) is 0. The molecule has 1 nitrogen and oxygen atoms in total. The van der Waals surface area contributed by atoms with Crippen molar-refractivity contribution >= 4 is 0 Å². The van der Waals surface area contributed by atoms with Gasteiger partial charge in [0.2, 0.25) is 0 Å². The van der Waals surface area contributed by atoms with Crippen LogP contribution in [0.1, 0.15) is 0 Å². The number of aliphatic hydroxyl groups excluding tert-OH is 1. The summed E-state index contributed by atoms with van der Waals surface area (Å²) in [6.45, 7) is 0. The first-order chi connectivity index (χ1) is 7.14. The fraction of sp³-hybridized carbons (Fsp3) is 0.556. The van der Waals surface area contributed by atoms with Crippen molar-refractivity contribution in [2.24, 2.45) is 11.8 Å². The maximum Gasteiger partial charge on any atom is 0.413 e. The molecule has 2 atom stereocenters. The van der Waals surface area contributed by atoms with Crippen LogP contribution in [-0.2, 0) is 0 Å². The lowest BCUT2D eigenvalue weighted by Gasteiger charge is -2.19. The summed E-state index contributed by atoms with van der Waals surface area (Å²) in [6.07, 6.45) is -9.81. The summed E-state index contributed by atoms with van der Waals surface area (Å²) in [5.74, 6) is -3.16. The lowest BCUT2D eigenvalue weighted by molar-refractivity contribution is -0.118. The Hall–Kier alpha value is -0.980. The van der Waals surface area contributed by atoms with Crippen LogP contribution in [0.5, 0.6) is 0 Å². The monoisotopic (exact) mass is 244 g/mol. The molecule has 7 heteroatoms. The Bertz CT molecular complexity index is 340. The minimum absolute atomic E-state index is 0.980. The molecule has 0 saturated carbocycles. The average Bonchev–Trinajstić information content (AvgIpc) is 2.56. The summed E-state index contributed by atoms with van der Waals surface area (Å²) in [5.41, 5.74) is -3.31. The first-order valence-electron chi connectivity index (χ1n) is 4.39. The molecule has 2 aliphatic carbocycles. The molecule has 0 aromatic rings. The van der Waals surface area contributed by atoms with Crippen molar-refractivity contribution in [3.05, 3.63) is 23.3 Å². The van der Waals surface area contributed by atoms with Crippen molar-refractivity contribution in [1.82, 2.24) is 0 Å². The summed E-state index contributed by atoms with van der Waals surface area (Å²) in [6, 6.07) is 0. The molecule has 0 heterocycles. The first-order valence-corrected chi connectivity index (χ1v) is 4.39. The molecule has 0 aromatic heterocycles. The van der Waals surface area contributed by atoms with Gasteiger partial charge in [-0.05, 0) is 0 Å². The fourth-order valence-corrected chi connectivity index (χ4v) is 2.27. The Kier molecular flexibility index (Phi) is 2.18. The van der Waals surface area contributed by atoms with Crippen LogP contribution < -0.4 is 0 Å². The molecule has 0 amide bonds. The Balaban J connectivity index is 2.55. The molecule has 0 aliphatic heterocycles. The number of rotatable bonds is 0. The molecule has 2 rings (SSSR count). The van der Waals surface area contributed by atoms with Gasteiger partial charge in [0, 0.05) is 11.8 Å². The van der Waals surface area contributed by atoms with E-state index < -0.39 is 41.4 Å². The van der Waals surface area contributed by atoms with Crippen molar-refractivity contribution in [2.45, 2.75) is 18.5 Å². The highest BCUT2D eigenvalue weighted by molar-refractivity contribution is 5.45. The van der Waals surface area contributed by atoms with Gasteiger partial charge in [0.25, 0.3) is 0 Å². The van der Waals surface area contributed by atoms with Gasteiger partial charge in [-0.2, -0.15) is 26.3 Å². The molecule has 2 bridgehead atoms. The van der Waals surface area contributed by atoms with E-state index in [0.29, 0.717) is 0 Å². The second kappa shape index (κ2) is 3.03. The van der Waals surface area contributed by atoms with Gasteiger partial charge in [0.1, 0.15) is 0 Å². The standard InChI is InChI=1S/C9H6F6O/c10-8(11,12)5-3-1-2-4(7(3)16)6(5)9(13,14)15/h1-4,7,16H. The van der Waals surface area contributed by atoms with Crippen molar-refractivity contribution < 1.29 is 31.4 Å². The lowest BCUT2D eigenvalue weighted by Crippen LogP contribution is -2.25. The lowest BCUT2D eigenvalue weighted by atomic mass is 9.96. The van der Waals surface area contributed by atoms with Crippen LogP contribution in [0.4, 0.5) is 26.3 Å². The van der Waals surface area contributed by atoms with Crippen LogP contribution in [0.25, 0.3) is 0 Å². The molecule has 0 radical (unpaired) electrons. The smallest absolute Gasteiger partial charge is 0.391 e. The Morgan fingerprint density at radius 1 is 0.812 bits per heavy atom. The molecule has 16 heavy (non-hydrogen) atoms. The highest BCUT2D eigenvalue weighted by Crippen LogP contribution is 2.54. The number of hydrogen-bond acceptors (Lipinski definition) is 1. The van der Waals surface area contributed by atoms with Crippen LogP contribution in [0.15, 0.2) is 23.3 Å². The van der Waals surface area contributed by atoms with Crippen LogP contribution in [0.3, 0.4) is 0 Å². The largest absolute Gasteiger partial charge is 0.413 e. The number of aliphatic hydroxyl groups is 1. The fourth-order valence-electron chi connectivity index (χ4n) is 2.27. The van der Waals surface area contributed by atoms with E-state index in [1.54, 1.807) is 0 Å². The number of alkyl halides is 6. The highest BCUT2D eigenvalue weighted by Gasteiger charge is 2.59. The molecule has 1 N–H and O–H groups in total. The zero-order valence-corrected chi connectivity index (χ0v) is 7.60. The predicted octanol–water partition coefficient (Wildman–Crippen LogP) is 2.58. The van der Waals surface area contributed by atoms with E-state index in [1.807, 2.05) is 0 Å². The van der Waals surface area contributed by atoms with Crippen molar-refractivity contribution in [1.29, 1.82) is 0 Å². The molecule has 2 unspecified atom stereocenters. The third-order valence-corrected chi connectivity index (χ3v) is 2.83. The molecule has 0 fully saturated rings. The summed E-state index contributed by atoms with van der Waals surface area (Å²) in [4.78, 5) is 0. The second-order valence-electron chi connectivity index (χ2n) is 3.75. The van der Waals surface area contributed by atoms with Gasteiger partial charge in [0.05, 0.1) is 17.3 Å². The third kappa shape index (κ3) is 1.45. The van der Waals surface area contributed by atoms with E-state index >= 15 is 0 Å². The minimum Gasteiger partial charge on any atom is -0.391 e. The summed E-state index contributed by atoms with van der Waals surface area (Å²) >= 11 is 0. The van der Waals surface area contributed by atoms with E-state index in [1.165, 1.54) is 0 Å². The number of fused-ring (bicyclic) bond motifs is 2. The van der Waals surface area contributed by atoms with Crippen molar-refractivity contribution in [3.8, 4) is 0 Å². The third-order valence-electron chi connectivity index (χ3n) is 2.83. The molecule has 0 spiro atoms. The van der Waals surface area contributed by atoms with Gasteiger partial charge in [-0.15, -0.1) is 0 Å². The molecule has 90 valence electrons. The zero-order valence-electron chi connectivity index (χ0n) is 7.60. The SMILES string of the molecule is OC1C2C=CC1C(C(F)(F)F)=C2C(F)(F)F. The van der Waals surface area contributed by atoms with Gasteiger partial charge in [0.15, 0.2) is 0 Å². The van der Waals surface area contributed by atoms with E-state index in [0.717, 1.165) is 12.2 Å². The van der Waals surface area contributed by atoms with Crippen LogP contribution in [-0.4, -0.2) is 23.6 Å². The van der Waals surface area contributed by atoms with E-state index in [4.69, 9.17) is 0 Å². The molecule has 0 aromatic carbocycles. The van der Waals surface area contributed by atoms with E-state index in [9.17, 15) is 31.4 Å². The molecule has 0 saturated heterocycles. The Morgan fingerprint density at radius 2 is 1.12 bits per heavy atom. The molecular weight excluding hydrogens is 238 g/mol. The molecule has 2 aliphatic rings. The Morgan fingerprint density at radius 3 is 1.38 bits per heavy atom. The average molecular weight is 244 g/mol. The first kappa shape index (κ1) is 11.5. The number of hydrogen-bond donors (Lipinski definition) is 1. The van der Waals surface area contributed by atoms with Crippen molar-refractivity contribution in [2.75, 3.05) is 0 Å². The maximum absolute atomic E-state index is 12.5. The van der Waals surface area contributed by atoms with Crippen LogP contribution in [0, 0.1) is 11.8 Å². The summed E-state index contributed by atoms with van der Waals surface area (Å²) in [5, 5.41) is 9.29.